The molecule has 0 atom stereocenters. The van der Waals surface area contributed by atoms with Crippen LogP contribution in [0.4, 0.5) is 8.78 Å². The van der Waals surface area contributed by atoms with Crippen LogP contribution in [0.15, 0.2) is 67.0 Å². The molecule has 0 unspecified atom stereocenters. The van der Waals surface area contributed by atoms with E-state index < -0.39 is 29.4 Å². The first kappa shape index (κ1) is 34.4. The van der Waals surface area contributed by atoms with Gasteiger partial charge >= 0.3 is 11.9 Å². The highest BCUT2D eigenvalue weighted by molar-refractivity contribution is 5.98. The Kier molecular flexibility index (Phi) is 11.9. The van der Waals surface area contributed by atoms with Crippen LogP contribution >= 0.6 is 0 Å². The number of rotatable bonds is 15. The van der Waals surface area contributed by atoms with Crippen molar-refractivity contribution in [2.45, 2.75) is 19.8 Å². The van der Waals surface area contributed by atoms with E-state index in [1.54, 1.807) is 36.1 Å². The number of ketones is 1. The zero-order chi connectivity index (χ0) is 33.9. The molecule has 1 amide bonds. The van der Waals surface area contributed by atoms with Crippen LogP contribution < -0.4 is 10.1 Å². The van der Waals surface area contributed by atoms with Gasteiger partial charge in [-0.3, -0.25) is 29.1 Å². The molecule has 0 aliphatic rings. The molecule has 0 spiro atoms. The Balaban J connectivity index is 1.36. The Labute approximate surface area is 269 Å². The summed E-state index contributed by atoms with van der Waals surface area (Å²) >= 11 is 0. The summed E-state index contributed by atoms with van der Waals surface area (Å²) in [4.78, 5) is 57.7. The van der Waals surface area contributed by atoms with Crippen molar-refractivity contribution < 1.29 is 42.2 Å². The predicted octanol–water partition coefficient (Wildman–Crippen LogP) is 4.65. The van der Waals surface area contributed by atoms with Gasteiger partial charge in [-0.1, -0.05) is 17.7 Å². The zero-order valence-corrected chi connectivity index (χ0v) is 26.1. The highest BCUT2D eigenvalue weighted by atomic mass is 19.1. The van der Waals surface area contributed by atoms with E-state index >= 15 is 0 Å². The number of H-pyrrole nitrogens is 1. The topological polar surface area (TPSA) is 140 Å². The van der Waals surface area contributed by atoms with Gasteiger partial charge in [0.05, 0.1) is 44.3 Å². The molecule has 0 bridgehead atoms. The lowest BCUT2D eigenvalue weighted by Gasteiger charge is -2.19. The summed E-state index contributed by atoms with van der Waals surface area (Å²) < 4.78 is 44.0. The molecule has 47 heavy (non-hydrogen) atoms. The molecule has 246 valence electrons. The Morgan fingerprint density at radius 2 is 1.62 bits per heavy atom. The molecule has 0 aliphatic heterocycles. The Bertz CT molecular complexity index is 1740. The van der Waals surface area contributed by atoms with Gasteiger partial charge in [-0.2, -0.15) is 0 Å². The van der Waals surface area contributed by atoms with Crippen LogP contribution in [0.25, 0.3) is 11.4 Å². The van der Waals surface area contributed by atoms with E-state index in [4.69, 9.17) is 4.74 Å². The lowest BCUT2D eigenvalue weighted by Crippen LogP contribution is -2.37. The lowest BCUT2D eigenvalue weighted by atomic mass is 10.0. The number of pyridine rings is 1. The van der Waals surface area contributed by atoms with Crippen LogP contribution in [0.2, 0.25) is 0 Å². The molecule has 0 fully saturated rings. The summed E-state index contributed by atoms with van der Waals surface area (Å²) in [5.74, 6) is -2.91. The number of aryl methyl sites for hydroxylation is 1. The number of ether oxygens (including phenoxy) is 3. The maximum Gasteiger partial charge on any atom is 0.319 e. The highest BCUT2D eigenvalue weighted by Crippen LogP contribution is 2.29. The second-order valence-corrected chi connectivity index (χ2v) is 10.6. The van der Waals surface area contributed by atoms with Crippen LogP contribution in [0, 0.1) is 18.6 Å². The number of hydrogen-bond donors (Lipinski definition) is 2. The minimum Gasteiger partial charge on any atom is -0.468 e. The average Bonchev–Trinajstić information content (AvgIpc) is 3.56. The predicted molar refractivity (Wildman–Crippen MR) is 167 cm³/mol. The lowest BCUT2D eigenvalue weighted by molar-refractivity contribution is -0.145. The maximum absolute atomic E-state index is 14.7. The van der Waals surface area contributed by atoms with E-state index in [1.807, 2.05) is 0 Å². The van der Waals surface area contributed by atoms with E-state index in [1.165, 1.54) is 50.9 Å². The van der Waals surface area contributed by atoms with Crippen molar-refractivity contribution in [3.05, 3.63) is 101 Å². The highest BCUT2D eigenvalue weighted by Gasteiger charge is 2.17. The molecule has 2 heterocycles. The molecule has 11 nitrogen and oxygen atoms in total. The number of aromatic nitrogens is 2. The molecule has 0 saturated heterocycles. The second kappa shape index (κ2) is 16.2. The van der Waals surface area contributed by atoms with E-state index in [2.05, 4.69) is 24.8 Å². The standard InChI is InChI=1S/C34H34F2N4O7/c1-21-5-7-26(35)23(13-21)15-30(41)22-6-8-27(36)31(16-22)47-25-9-11-37-29(17-25)28-14-24(18-39-28)34(44)38-10-4-12-40(19-32(42)45-2)20-33(43)46-3/h5-9,11,13-14,16-18,39H,4,10,12,15,19-20H2,1-3H3,(H,38,44). The second-order valence-electron chi connectivity index (χ2n) is 10.6. The molecule has 0 saturated carbocycles. The smallest absolute Gasteiger partial charge is 0.319 e. The number of Topliss-reactive ketones (excluding diaryl/α,β-unsaturated/α-hetero) is 1. The Morgan fingerprint density at radius 1 is 0.894 bits per heavy atom. The number of benzene rings is 2. The summed E-state index contributed by atoms with van der Waals surface area (Å²) in [5, 5.41) is 2.79. The third kappa shape index (κ3) is 9.78. The number of halogens is 2. The number of nitrogens with one attached hydrogen (secondary N) is 2. The number of hydrogen-bond acceptors (Lipinski definition) is 9. The van der Waals surface area contributed by atoms with Crippen LogP contribution in [-0.4, -0.2) is 78.9 Å². The molecular formula is C34H34F2N4O7. The average molecular weight is 649 g/mol. The molecule has 2 aromatic heterocycles. The van der Waals surface area contributed by atoms with Crippen LogP contribution in [-0.2, 0) is 25.5 Å². The van der Waals surface area contributed by atoms with E-state index in [-0.39, 0.29) is 54.6 Å². The number of carbonyl (C=O) groups is 4. The van der Waals surface area contributed by atoms with Crippen LogP contribution in [0.5, 0.6) is 11.5 Å². The van der Waals surface area contributed by atoms with Crippen molar-refractivity contribution in [2.24, 2.45) is 0 Å². The zero-order valence-electron chi connectivity index (χ0n) is 26.1. The van der Waals surface area contributed by atoms with Crippen LogP contribution in [0.3, 0.4) is 0 Å². The number of amides is 1. The van der Waals surface area contributed by atoms with Gasteiger partial charge in [-0.15, -0.1) is 0 Å². The van der Waals surface area contributed by atoms with E-state index in [9.17, 15) is 28.0 Å². The van der Waals surface area contributed by atoms with Crippen molar-refractivity contribution >= 4 is 23.6 Å². The fraction of sp³-hybridized carbons (Fsp3) is 0.265. The van der Waals surface area contributed by atoms with Crippen LogP contribution in [0.1, 0.15) is 38.3 Å². The monoisotopic (exact) mass is 648 g/mol. The van der Waals surface area contributed by atoms with Crippen molar-refractivity contribution in [3.8, 4) is 22.9 Å². The summed E-state index contributed by atoms with van der Waals surface area (Å²) in [6.45, 7) is 2.21. The molecule has 0 radical (unpaired) electrons. The summed E-state index contributed by atoms with van der Waals surface area (Å²) in [7, 11) is 2.51. The number of aromatic amines is 1. The van der Waals surface area contributed by atoms with Gasteiger partial charge in [0.1, 0.15) is 11.6 Å². The van der Waals surface area contributed by atoms with Gasteiger partial charge in [0.25, 0.3) is 5.91 Å². The molecule has 4 aromatic rings. The first-order valence-electron chi connectivity index (χ1n) is 14.6. The van der Waals surface area contributed by atoms with Gasteiger partial charge in [0.15, 0.2) is 17.3 Å². The van der Waals surface area contributed by atoms with Gasteiger partial charge < -0.3 is 24.5 Å². The Morgan fingerprint density at radius 3 is 2.34 bits per heavy atom. The third-order valence-corrected chi connectivity index (χ3v) is 7.08. The molecule has 13 heteroatoms. The first-order chi connectivity index (χ1) is 22.6. The number of methoxy groups -OCH3 is 2. The normalized spacial score (nSPS) is 10.9. The van der Waals surface area contributed by atoms with Crippen molar-refractivity contribution in [3.63, 3.8) is 0 Å². The molecule has 4 rings (SSSR count). The first-order valence-corrected chi connectivity index (χ1v) is 14.6. The maximum atomic E-state index is 14.7. The molecule has 2 N–H and O–H groups in total. The fourth-order valence-corrected chi connectivity index (χ4v) is 4.61. The van der Waals surface area contributed by atoms with Gasteiger partial charge in [0.2, 0.25) is 0 Å². The van der Waals surface area contributed by atoms with Gasteiger partial charge in [-0.05, 0) is 55.3 Å². The number of carbonyl (C=O) groups excluding carboxylic acids is 4. The van der Waals surface area contributed by atoms with Gasteiger partial charge in [-0.25, -0.2) is 8.78 Å². The van der Waals surface area contributed by atoms with E-state index in [0.717, 1.165) is 11.6 Å². The minimum absolute atomic E-state index is 0.0953. The summed E-state index contributed by atoms with van der Waals surface area (Å²) in [6.07, 6.45) is 3.22. The Hall–Kier alpha value is -5.43. The van der Waals surface area contributed by atoms with E-state index in [0.29, 0.717) is 29.9 Å². The SMILES string of the molecule is COC(=O)CN(CCCNC(=O)c1c[nH]c(-c2cc(Oc3cc(C(=O)Cc4cc(C)ccc4F)ccc3F)ccn2)c1)CC(=O)OC. The fourth-order valence-electron chi connectivity index (χ4n) is 4.61. The van der Waals surface area contributed by atoms with Crippen molar-refractivity contribution in [2.75, 3.05) is 40.4 Å². The van der Waals surface area contributed by atoms with Gasteiger partial charge in [0, 0.05) is 43.5 Å². The summed E-state index contributed by atoms with van der Waals surface area (Å²) in [6, 6.07) is 12.9. The number of nitrogens with zero attached hydrogens (tertiary/aromatic N) is 2. The van der Waals surface area contributed by atoms with Crippen molar-refractivity contribution in [1.82, 2.24) is 20.2 Å². The quantitative estimate of drug-likeness (QED) is 0.107. The third-order valence-electron chi connectivity index (χ3n) is 7.08. The molecular weight excluding hydrogens is 614 g/mol. The van der Waals surface area contributed by atoms with Crippen molar-refractivity contribution in [1.29, 1.82) is 0 Å². The molecule has 0 aliphatic carbocycles. The minimum atomic E-state index is -0.695. The summed E-state index contributed by atoms with van der Waals surface area (Å²) in [5.41, 5.74) is 2.46. The molecule has 2 aromatic carbocycles. The number of esters is 2. The largest absolute Gasteiger partial charge is 0.468 e.